The standard InChI is InChI=1S/C10H15F3N2O/c1-6-7(10(11,12)13)15(9(2,3)4)14-8(6)16-5/h1-5H3. The van der Waals surface area contributed by atoms with Crippen LogP contribution in [0, 0.1) is 6.92 Å². The Balaban J connectivity index is 3.50. The number of nitrogens with zero attached hydrogens (tertiary/aromatic N) is 2. The Morgan fingerprint density at radius 3 is 1.94 bits per heavy atom. The molecule has 0 aromatic carbocycles. The second-order valence-electron chi connectivity index (χ2n) is 4.56. The molecular weight excluding hydrogens is 221 g/mol. The normalized spacial score (nSPS) is 13.0. The van der Waals surface area contributed by atoms with Crippen molar-refractivity contribution in [3.8, 4) is 5.88 Å². The van der Waals surface area contributed by atoms with Crippen molar-refractivity contribution in [1.29, 1.82) is 0 Å². The van der Waals surface area contributed by atoms with Gasteiger partial charge >= 0.3 is 6.18 Å². The molecule has 1 heterocycles. The molecule has 0 saturated heterocycles. The molecule has 0 unspecified atom stereocenters. The van der Waals surface area contributed by atoms with E-state index in [9.17, 15) is 13.2 Å². The fourth-order valence-electron chi connectivity index (χ4n) is 1.49. The van der Waals surface area contributed by atoms with Crippen LogP contribution >= 0.6 is 0 Å². The third-order valence-electron chi connectivity index (χ3n) is 2.18. The second-order valence-corrected chi connectivity index (χ2v) is 4.56. The highest BCUT2D eigenvalue weighted by molar-refractivity contribution is 5.32. The van der Waals surface area contributed by atoms with Gasteiger partial charge in [-0.05, 0) is 27.7 Å². The molecule has 16 heavy (non-hydrogen) atoms. The number of alkyl halides is 3. The number of rotatable bonds is 1. The van der Waals surface area contributed by atoms with Crippen molar-refractivity contribution in [2.75, 3.05) is 7.11 Å². The van der Waals surface area contributed by atoms with Gasteiger partial charge in [-0.1, -0.05) is 0 Å². The van der Waals surface area contributed by atoms with Gasteiger partial charge in [0.2, 0.25) is 5.88 Å². The Morgan fingerprint density at radius 2 is 1.69 bits per heavy atom. The zero-order chi connectivity index (χ0) is 12.7. The zero-order valence-corrected chi connectivity index (χ0v) is 9.94. The lowest BCUT2D eigenvalue weighted by Crippen LogP contribution is -2.29. The quantitative estimate of drug-likeness (QED) is 0.749. The minimum absolute atomic E-state index is 0.0160. The lowest BCUT2D eigenvalue weighted by atomic mass is 10.1. The third kappa shape index (κ3) is 2.15. The molecule has 1 rings (SSSR count). The predicted molar refractivity (Wildman–Crippen MR) is 53.5 cm³/mol. The van der Waals surface area contributed by atoms with Crippen LogP contribution in [0.1, 0.15) is 32.0 Å². The van der Waals surface area contributed by atoms with E-state index in [0.717, 1.165) is 4.68 Å². The van der Waals surface area contributed by atoms with Crippen LogP contribution in [0.4, 0.5) is 13.2 Å². The molecule has 0 saturated carbocycles. The van der Waals surface area contributed by atoms with Crippen LogP contribution in [-0.4, -0.2) is 16.9 Å². The Bertz CT molecular complexity index is 388. The molecule has 92 valence electrons. The lowest BCUT2D eigenvalue weighted by molar-refractivity contribution is -0.146. The van der Waals surface area contributed by atoms with Gasteiger partial charge in [0.1, 0.15) is 5.69 Å². The summed E-state index contributed by atoms with van der Waals surface area (Å²) in [5.41, 5.74) is -1.48. The molecular formula is C10H15F3N2O. The van der Waals surface area contributed by atoms with Crippen molar-refractivity contribution >= 4 is 0 Å². The topological polar surface area (TPSA) is 27.1 Å². The molecule has 0 aliphatic heterocycles. The van der Waals surface area contributed by atoms with E-state index in [1.54, 1.807) is 20.8 Å². The molecule has 0 radical (unpaired) electrons. The van der Waals surface area contributed by atoms with Gasteiger partial charge in [0.25, 0.3) is 0 Å². The van der Waals surface area contributed by atoms with Gasteiger partial charge in [-0.15, -0.1) is 5.10 Å². The molecule has 1 aromatic rings. The molecule has 0 atom stereocenters. The van der Waals surface area contributed by atoms with Crippen molar-refractivity contribution in [2.24, 2.45) is 0 Å². The molecule has 0 spiro atoms. The minimum atomic E-state index is -4.43. The van der Waals surface area contributed by atoms with Crippen LogP contribution in [0.25, 0.3) is 0 Å². The monoisotopic (exact) mass is 236 g/mol. The van der Waals surface area contributed by atoms with Crippen LogP contribution in [0.15, 0.2) is 0 Å². The Hall–Kier alpha value is -1.20. The van der Waals surface area contributed by atoms with E-state index < -0.39 is 17.4 Å². The summed E-state index contributed by atoms with van der Waals surface area (Å²) in [5, 5.41) is 3.84. The van der Waals surface area contributed by atoms with E-state index in [1.807, 2.05) is 0 Å². The molecule has 1 aromatic heterocycles. The number of hydrogen-bond acceptors (Lipinski definition) is 2. The number of hydrogen-bond donors (Lipinski definition) is 0. The van der Waals surface area contributed by atoms with Crippen LogP contribution in [0.3, 0.4) is 0 Å². The summed E-state index contributed by atoms with van der Waals surface area (Å²) in [4.78, 5) is 0. The van der Waals surface area contributed by atoms with Crippen LogP contribution in [-0.2, 0) is 11.7 Å². The molecule has 0 aliphatic rings. The fourth-order valence-corrected chi connectivity index (χ4v) is 1.49. The van der Waals surface area contributed by atoms with Crippen LogP contribution in [0.5, 0.6) is 5.88 Å². The summed E-state index contributed by atoms with van der Waals surface area (Å²) in [7, 11) is 1.31. The van der Waals surface area contributed by atoms with Gasteiger partial charge in [-0.3, -0.25) is 4.68 Å². The highest BCUT2D eigenvalue weighted by Crippen LogP contribution is 2.38. The molecule has 0 amide bonds. The van der Waals surface area contributed by atoms with Crippen LogP contribution in [0.2, 0.25) is 0 Å². The summed E-state index contributed by atoms with van der Waals surface area (Å²) in [6.45, 7) is 6.34. The van der Waals surface area contributed by atoms with Crippen LogP contribution < -0.4 is 4.74 Å². The van der Waals surface area contributed by atoms with Crippen molar-refractivity contribution in [3.05, 3.63) is 11.3 Å². The second kappa shape index (κ2) is 3.68. The fraction of sp³-hybridized carbons (Fsp3) is 0.700. The highest BCUT2D eigenvalue weighted by atomic mass is 19.4. The number of methoxy groups -OCH3 is 1. The first kappa shape index (κ1) is 12.9. The largest absolute Gasteiger partial charge is 0.480 e. The van der Waals surface area contributed by atoms with Crippen molar-refractivity contribution in [3.63, 3.8) is 0 Å². The van der Waals surface area contributed by atoms with Gasteiger partial charge < -0.3 is 4.74 Å². The molecule has 3 nitrogen and oxygen atoms in total. The number of ether oxygens (including phenoxy) is 1. The summed E-state index contributed by atoms with van der Waals surface area (Å²) in [5.74, 6) is 0.0160. The first-order chi connectivity index (χ1) is 7.09. The lowest BCUT2D eigenvalue weighted by Gasteiger charge is -2.23. The van der Waals surface area contributed by atoms with E-state index in [0.29, 0.717) is 0 Å². The Labute approximate surface area is 92.2 Å². The first-order valence-electron chi connectivity index (χ1n) is 4.80. The molecule has 0 bridgehead atoms. The van der Waals surface area contributed by atoms with Gasteiger partial charge in [0, 0.05) is 5.56 Å². The summed E-state index contributed by atoms with van der Waals surface area (Å²) < 4.78 is 44.4. The van der Waals surface area contributed by atoms with Crippen molar-refractivity contribution < 1.29 is 17.9 Å². The first-order valence-corrected chi connectivity index (χ1v) is 4.80. The van der Waals surface area contributed by atoms with Crippen molar-refractivity contribution in [1.82, 2.24) is 9.78 Å². The SMILES string of the molecule is COc1nn(C(C)(C)C)c(C(F)(F)F)c1C. The third-order valence-corrected chi connectivity index (χ3v) is 2.18. The molecule has 0 fully saturated rings. The highest BCUT2D eigenvalue weighted by Gasteiger charge is 2.41. The number of aromatic nitrogens is 2. The van der Waals surface area contributed by atoms with E-state index in [2.05, 4.69) is 5.10 Å². The Morgan fingerprint density at radius 1 is 1.19 bits per heavy atom. The Kier molecular flexibility index (Phi) is 2.96. The van der Waals surface area contributed by atoms with Gasteiger partial charge in [0.15, 0.2) is 0 Å². The number of halogens is 3. The predicted octanol–water partition coefficient (Wildman–Crippen LogP) is 2.97. The maximum Gasteiger partial charge on any atom is 0.433 e. The minimum Gasteiger partial charge on any atom is -0.480 e. The van der Waals surface area contributed by atoms with Gasteiger partial charge in [-0.2, -0.15) is 13.2 Å². The van der Waals surface area contributed by atoms with Gasteiger partial charge in [-0.25, -0.2) is 0 Å². The average molecular weight is 236 g/mol. The van der Waals surface area contributed by atoms with E-state index in [1.165, 1.54) is 14.0 Å². The van der Waals surface area contributed by atoms with Crippen molar-refractivity contribution in [2.45, 2.75) is 39.4 Å². The van der Waals surface area contributed by atoms with E-state index in [-0.39, 0.29) is 11.4 Å². The van der Waals surface area contributed by atoms with E-state index in [4.69, 9.17) is 4.74 Å². The average Bonchev–Trinajstić information content (AvgIpc) is 2.40. The molecule has 6 heteroatoms. The maximum atomic E-state index is 12.9. The molecule has 0 N–H and O–H groups in total. The summed E-state index contributed by atoms with van der Waals surface area (Å²) in [6, 6.07) is 0. The van der Waals surface area contributed by atoms with Gasteiger partial charge in [0.05, 0.1) is 12.6 Å². The smallest absolute Gasteiger partial charge is 0.433 e. The summed E-state index contributed by atoms with van der Waals surface area (Å²) >= 11 is 0. The zero-order valence-electron chi connectivity index (χ0n) is 9.94. The summed E-state index contributed by atoms with van der Waals surface area (Å²) in [6.07, 6.45) is -4.43. The maximum absolute atomic E-state index is 12.9. The van der Waals surface area contributed by atoms with E-state index >= 15 is 0 Å². The molecule has 0 aliphatic carbocycles.